The van der Waals surface area contributed by atoms with Gasteiger partial charge in [-0.15, -0.1) is 0 Å². The number of para-hydroxylation sites is 1. The fourth-order valence-corrected chi connectivity index (χ4v) is 4.21. The highest BCUT2D eigenvalue weighted by molar-refractivity contribution is 6.07. The zero-order valence-electron chi connectivity index (χ0n) is 19.1. The van der Waals surface area contributed by atoms with E-state index in [1.165, 1.54) is 6.20 Å². The van der Waals surface area contributed by atoms with E-state index in [0.717, 1.165) is 43.1 Å². The van der Waals surface area contributed by atoms with Gasteiger partial charge < -0.3 is 27.2 Å². The SMILES string of the molecule is C=C(/C=C\C(=C/N)c1cc(C(=O)NCC2CCC(CN)CC2)c2ccccc2n1)NCCO. The molecule has 1 aliphatic carbocycles. The molecule has 0 unspecified atom stereocenters. The number of benzene rings is 1. The molecule has 176 valence electrons. The average molecular weight is 450 g/mol. The van der Waals surface area contributed by atoms with Crippen LogP contribution < -0.4 is 22.1 Å². The van der Waals surface area contributed by atoms with Crippen LogP contribution in [0.5, 0.6) is 0 Å². The Morgan fingerprint density at radius 2 is 1.88 bits per heavy atom. The van der Waals surface area contributed by atoms with Crippen molar-refractivity contribution in [3.05, 3.63) is 72.2 Å². The van der Waals surface area contributed by atoms with E-state index in [1.807, 2.05) is 24.3 Å². The number of allylic oxidation sites excluding steroid dienone is 3. The minimum absolute atomic E-state index is 0.0194. The van der Waals surface area contributed by atoms with E-state index in [9.17, 15) is 4.79 Å². The zero-order valence-corrected chi connectivity index (χ0v) is 19.1. The molecule has 2 aromatic rings. The van der Waals surface area contributed by atoms with E-state index < -0.39 is 0 Å². The molecular formula is C26H35N5O2. The van der Waals surface area contributed by atoms with Crippen molar-refractivity contribution < 1.29 is 9.90 Å². The summed E-state index contributed by atoms with van der Waals surface area (Å²) >= 11 is 0. The maximum absolute atomic E-state index is 13.2. The predicted octanol–water partition coefficient (Wildman–Crippen LogP) is 2.68. The third kappa shape index (κ3) is 6.66. The first-order valence-electron chi connectivity index (χ1n) is 11.6. The summed E-state index contributed by atoms with van der Waals surface area (Å²) in [5.41, 5.74) is 14.9. The van der Waals surface area contributed by atoms with Crippen LogP contribution in [0.4, 0.5) is 0 Å². The van der Waals surface area contributed by atoms with Crippen molar-refractivity contribution in [1.82, 2.24) is 15.6 Å². The van der Waals surface area contributed by atoms with Crippen molar-refractivity contribution >= 4 is 22.4 Å². The number of nitrogens with two attached hydrogens (primary N) is 2. The highest BCUT2D eigenvalue weighted by atomic mass is 16.3. The molecule has 1 aromatic carbocycles. The molecule has 0 saturated heterocycles. The van der Waals surface area contributed by atoms with Crippen molar-refractivity contribution in [2.75, 3.05) is 26.2 Å². The minimum atomic E-state index is -0.106. The van der Waals surface area contributed by atoms with Gasteiger partial charge in [0.25, 0.3) is 5.91 Å². The molecule has 33 heavy (non-hydrogen) atoms. The normalized spacial score (nSPS) is 19.0. The molecule has 3 rings (SSSR count). The van der Waals surface area contributed by atoms with Crippen LogP contribution in [-0.2, 0) is 0 Å². The molecule has 7 nitrogen and oxygen atoms in total. The van der Waals surface area contributed by atoms with Gasteiger partial charge >= 0.3 is 0 Å². The first-order chi connectivity index (χ1) is 16.0. The number of pyridine rings is 1. The summed E-state index contributed by atoms with van der Waals surface area (Å²) in [6.45, 7) is 5.75. The molecule has 7 N–H and O–H groups in total. The Morgan fingerprint density at radius 3 is 2.58 bits per heavy atom. The third-order valence-electron chi connectivity index (χ3n) is 6.22. The van der Waals surface area contributed by atoms with E-state index in [-0.39, 0.29) is 12.5 Å². The van der Waals surface area contributed by atoms with Gasteiger partial charge in [-0.1, -0.05) is 24.8 Å². The summed E-state index contributed by atoms with van der Waals surface area (Å²) in [7, 11) is 0. The van der Waals surface area contributed by atoms with E-state index in [4.69, 9.17) is 21.6 Å². The van der Waals surface area contributed by atoms with Gasteiger partial charge in [-0.2, -0.15) is 0 Å². The van der Waals surface area contributed by atoms with Gasteiger partial charge in [0.1, 0.15) is 0 Å². The predicted molar refractivity (Wildman–Crippen MR) is 134 cm³/mol. The first-order valence-corrected chi connectivity index (χ1v) is 11.6. The van der Waals surface area contributed by atoms with Crippen LogP contribution in [-0.4, -0.2) is 42.2 Å². The Kier molecular flexibility index (Phi) is 9.04. The number of aromatic nitrogens is 1. The standard InChI is InChI=1S/C26H35N5O2/c1-18(29-12-13-32)6-11-21(16-28)25-14-23(22-4-2-3-5-24(22)31-25)26(33)30-17-20-9-7-19(15-27)8-10-20/h2-6,11,14,16,19-20,29,32H,1,7-10,12-13,15,17,27-28H2,(H,30,33)/b11-6-,21-16+. The number of hydrogen-bond donors (Lipinski definition) is 5. The summed E-state index contributed by atoms with van der Waals surface area (Å²) < 4.78 is 0. The Balaban J connectivity index is 1.79. The second-order valence-corrected chi connectivity index (χ2v) is 8.54. The van der Waals surface area contributed by atoms with Gasteiger partial charge in [0.15, 0.2) is 0 Å². The molecule has 1 heterocycles. The molecule has 1 aromatic heterocycles. The van der Waals surface area contributed by atoms with Gasteiger partial charge in [0.05, 0.1) is 23.4 Å². The molecule has 7 heteroatoms. The van der Waals surface area contributed by atoms with Crippen LogP contribution in [0, 0.1) is 11.8 Å². The topological polar surface area (TPSA) is 126 Å². The molecular weight excluding hydrogens is 414 g/mol. The number of nitrogens with one attached hydrogen (secondary N) is 2. The van der Waals surface area contributed by atoms with Gasteiger partial charge in [-0.3, -0.25) is 4.79 Å². The minimum Gasteiger partial charge on any atom is -0.404 e. The maximum atomic E-state index is 13.2. The summed E-state index contributed by atoms with van der Waals surface area (Å²) in [5, 5.41) is 15.9. The zero-order chi connectivity index (χ0) is 23.6. The van der Waals surface area contributed by atoms with Crippen LogP contribution in [0.25, 0.3) is 16.5 Å². The lowest BCUT2D eigenvalue weighted by atomic mass is 9.82. The van der Waals surface area contributed by atoms with E-state index in [2.05, 4.69) is 17.2 Å². The van der Waals surface area contributed by atoms with Crippen molar-refractivity contribution in [3.8, 4) is 0 Å². The Labute approximate surface area is 195 Å². The smallest absolute Gasteiger partial charge is 0.252 e. The summed E-state index contributed by atoms with van der Waals surface area (Å²) in [6.07, 6.45) is 9.49. The highest BCUT2D eigenvalue weighted by Crippen LogP contribution is 2.28. The summed E-state index contributed by atoms with van der Waals surface area (Å²) in [6, 6.07) is 9.40. The molecule has 1 aliphatic rings. The monoisotopic (exact) mass is 449 g/mol. The average Bonchev–Trinajstić information content (AvgIpc) is 2.86. The Morgan fingerprint density at radius 1 is 1.15 bits per heavy atom. The fourth-order valence-electron chi connectivity index (χ4n) is 4.21. The van der Waals surface area contributed by atoms with Crippen molar-refractivity contribution in [1.29, 1.82) is 0 Å². The number of aliphatic hydroxyl groups is 1. The van der Waals surface area contributed by atoms with E-state index in [0.29, 0.717) is 47.5 Å². The number of rotatable bonds is 10. The molecule has 1 amide bonds. The maximum Gasteiger partial charge on any atom is 0.252 e. The van der Waals surface area contributed by atoms with Gasteiger partial charge in [0.2, 0.25) is 0 Å². The van der Waals surface area contributed by atoms with E-state index >= 15 is 0 Å². The molecule has 0 spiro atoms. The fraction of sp³-hybridized carbons (Fsp3) is 0.385. The van der Waals surface area contributed by atoms with E-state index in [1.54, 1.807) is 18.2 Å². The second-order valence-electron chi connectivity index (χ2n) is 8.54. The van der Waals surface area contributed by atoms with Gasteiger partial charge in [-0.05, 0) is 68.3 Å². The molecule has 0 radical (unpaired) electrons. The number of aliphatic hydroxyl groups excluding tert-OH is 1. The lowest BCUT2D eigenvalue weighted by Crippen LogP contribution is -2.32. The van der Waals surface area contributed by atoms with Crippen LogP contribution in [0.15, 0.2) is 61.0 Å². The van der Waals surface area contributed by atoms with Crippen LogP contribution in [0.1, 0.15) is 41.7 Å². The Hall–Kier alpha value is -3.16. The lowest BCUT2D eigenvalue weighted by Gasteiger charge is -2.27. The summed E-state index contributed by atoms with van der Waals surface area (Å²) in [5.74, 6) is 1.00. The number of amides is 1. The van der Waals surface area contributed by atoms with Crippen molar-refractivity contribution in [2.24, 2.45) is 23.3 Å². The van der Waals surface area contributed by atoms with Gasteiger partial charge in [0, 0.05) is 35.9 Å². The van der Waals surface area contributed by atoms with Crippen LogP contribution in [0.2, 0.25) is 0 Å². The first kappa shape index (κ1) is 24.5. The highest BCUT2D eigenvalue weighted by Gasteiger charge is 2.21. The van der Waals surface area contributed by atoms with Gasteiger partial charge in [-0.25, -0.2) is 4.98 Å². The number of hydrogen-bond acceptors (Lipinski definition) is 6. The van der Waals surface area contributed by atoms with Crippen molar-refractivity contribution in [2.45, 2.75) is 25.7 Å². The largest absolute Gasteiger partial charge is 0.404 e. The molecule has 0 aliphatic heterocycles. The lowest BCUT2D eigenvalue weighted by molar-refractivity contribution is 0.0943. The molecule has 1 fully saturated rings. The van der Waals surface area contributed by atoms with Crippen LogP contribution >= 0.6 is 0 Å². The number of nitrogens with zero attached hydrogens (tertiary/aromatic N) is 1. The molecule has 1 saturated carbocycles. The summed E-state index contributed by atoms with van der Waals surface area (Å²) in [4.78, 5) is 17.9. The third-order valence-corrected chi connectivity index (χ3v) is 6.22. The quantitative estimate of drug-likeness (QED) is 0.355. The number of carbonyl (C=O) groups excluding carboxylic acids is 1. The van der Waals surface area contributed by atoms with Crippen LogP contribution in [0.3, 0.4) is 0 Å². The number of fused-ring (bicyclic) bond motifs is 1. The van der Waals surface area contributed by atoms with Crippen molar-refractivity contribution in [3.63, 3.8) is 0 Å². The Bertz CT molecular complexity index is 1020. The molecule has 0 atom stereocenters. The number of carbonyl (C=O) groups is 1. The second kappa shape index (κ2) is 12.2. The molecule has 0 bridgehead atoms.